The molecule has 0 aromatic rings. The van der Waals surface area contributed by atoms with Crippen molar-refractivity contribution in [3.8, 4) is 0 Å². The van der Waals surface area contributed by atoms with Gasteiger partial charge in [-0.1, -0.05) is 379 Å². The maximum atomic E-state index is 12.9. The summed E-state index contributed by atoms with van der Waals surface area (Å²) in [6.07, 6.45) is 88.2. The van der Waals surface area contributed by atoms with Crippen molar-refractivity contribution in [3.05, 3.63) is 24.3 Å². The molecular formula is C76H144O6. The van der Waals surface area contributed by atoms with Gasteiger partial charge in [0.2, 0.25) is 0 Å². The van der Waals surface area contributed by atoms with Crippen LogP contribution >= 0.6 is 0 Å². The van der Waals surface area contributed by atoms with Crippen molar-refractivity contribution >= 4 is 17.9 Å². The minimum absolute atomic E-state index is 0.0685. The van der Waals surface area contributed by atoms with Crippen LogP contribution in [0.4, 0.5) is 0 Å². The van der Waals surface area contributed by atoms with E-state index in [2.05, 4.69) is 45.1 Å². The Bertz CT molecular complexity index is 1320. The number of rotatable bonds is 70. The normalized spacial score (nSPS) is 12.1. The standard InChI is InChI=1S/C76H144O6/c1-4-7-10-13-16-19-22-24-26-28-30-31-32-33-34-35-36-37-38-39-40-41-42-43-44-45-46-48-49-51-54-57-60-63-66-69-75(78)81-72-73(71-80-74(77)68-65-62-59-56-53-21-18-15-12-9-6-3)82-76(79)70-67-64-61-58-55-52-50-47-29-27-25-23-20-17-14-11-8-5-2/h20,23,27,29,73H,4-19,21-22,24-26,28,30-72H2,1-3H3/b23-20-,29-27-. The first kappa shape index (κ1) is 79.9. The van der Waals surface area contributed by atoms with Crippen LogP contribution < -0.4 is 0 Å². The fourth-order valence-electron chi connectivity index (χ4n) is 11.6. The third-order valence-corrected chi connectivity index (χ3v) is 17.2. The Balaban J connectivity index is 4.02. The summed E-state index contributed by atoms with van der Waals surface area (Å²) in [5.41, 5.74) is 0. The SMILES string of the molecule is CCCCCC/C=C\C/C=C\CCCCCCCCCC(=O)OC(COC(=O)CCCCCCCCCCCCC)COC(=O)CCCCCCCCCCCCCCCCCCCCCCCCCCCCCCCCCCCCC. The summed E-state index contributed by atoms with van der Waals surface area (Å²) in [7, 11) is 0. The van der Waals surface area contributed by atoms with Crippen molar-refractivity contribution in [2.75, 3.05) is 13.2 Å². The molecule has 0 radical (unpaired) electrons. The van der Waals surface area contributed by atoms with Gasteiger partial charge in [-0.25, -0.2) is 0 Å². The summed E-state index contributed by atoms with van der Waals surface area (Å²) >= 11 is 0. The Morgan fingerprint density at radius 1 is 0.244 bits per heavy atom. The van der Waals surface area contributed by atoms with Crippen LogP contribution in [0.25, 0.3) is 0 Å². The van der Waals surface area contributed by atoms with Crippen LogP contribution in [0.15, 0.2) is 24.3 Å². The zero-order valence-electron chi connectivity index (χ0n) is 55.8. The molecule has 1 unspecified atom stereocenters. The lowest BCUT2D eigenvalue weighted by atomic mass is 10.0. The van der Waals surface area contributed by atoms with Crippen LogP contribution in [0.1, 0.15) is 425 Å². The average Bonchev–Trinajstić information content (AvgIpc) is 3.47. The van der Waals surface area contributed by atoms with Crippen LogP contribution in [0, 0.1) is 0 Å². The average molecular weight is 1150 g/mol. The Hall–Kier alpha value is -2.11. The van der Waals surface area contributed by atoms with Gasteiger partial charge in [0.1, 0.15) is 13.2 Å². The van der Waals surface area contributed by atoms with Crippen molar-refractivity contribution in [3.63, 3.8) is 0 Å². The minimum Gasteiger partial charge on any atom is -0.462 e. The highest BCUT2D eigenvalue weighted by Crippen LogP contribution is 2.19. The van der Waals surface area contributed by atoms with E-state index in [-0.39, 0.29) is 31.1 Å². The first-order chi connectivity index (χ1) is 40.5. The van der Waals surface area contributed by atoms with E-state index in [9.17, 15) is 14.4 Å². The summed E-state index contributed by atoms with van der Waals surface area (Å²) in [5, 5.41) is 0. The van der Waals surface area contributed by atoms with E-state index < -0.39 is 6.10 Å². The number of esters is 3. The molecule has 1 atom stereocenters. The Kier molecular flexibility index (Phi) is 69.5. The molecule has 0 saturated carbocycles. The minimum atomic E-state index is -0.772. The maximum absolute atomic E-state index is 12.9. The van der Waals surface area contributed by atoms with Gasteiger partial charge in [0.15, 0.2) is 6.10 Å². The second-order valence-electron chi connectivity index (χ2n) is 25.6. The van der Waals surface area contributed by atoms with Crippen molar-refractivity contribution in [1.29, 1.82) is 0 Å². The van der Waals surface area contributed by atoms with Crippen molar-refractivity contribution in [1.82, 2.24) is 0 Å². The molecule has 0 heterocycles. The first-order valence-corrected chi connectivity index (χ1v) is 37.3. The molecular weight excluding hydrogens is 1010 g/mol. The third-order valence-electron chi connectivity index (χ3n) is 17.2. The smallest absolute Gasteiger partial charge is 0.306 e. The Morgan fingerprint density at radius 3 is 0.683 bits per heavy atom. The van der Waals surface area contributed by atoms with E-state index in [1.807, 2.05) is 0 Å². The zero-order valence-corrected chi connectivity index (χ0v) is 55.8. The van der Waals surface area contributed by atoms with E-state index in [1.54, 1.807) is 0 Å². The molecule has 0 saturated heterocycles. The van der Waals surface area contributed by atoms with E-state index >= 15 is 0 Å². The Morgan fingerprint density at radius 2 is 0.439 bits per heavy atom. The van der Waals surface area contributed by atoms with E-state index in [0.29, 0.717) is 19.3 Å². The maximum Gasteiger partial charge on any atom is 0.306 e. The Labute approximate surface area is 513 Å². The van der Waals surface area contributed by atoms with Crippen molar-refractivity contribution < 1.29 is 28.6 Å². The van der Waals surface area contributed by atoms with Crippen LogP contribution in [0.2, 0.25) is 0 Å². The van der Waals surface area contributed by atoms with Crippen LogP contribution in [-0.4, -0.2) is 37.2 Å². The summed E-state index contributed by atoms with van der Waals surface area (Å²) in [4.78, 5) is 38.3. The lowest BCUT2D eigenvalue weighted by molar-refractivity contribution is -0.167. The molecule has 0 aromatic heterocycles. The quantitative estimate of drug-likeness (QED) is 0.0261. The molecule has 6 nitrogen and oxygen atoms in total. The van der Waals surface area contributed by atoms with Gasteiger partial charge in [-0.3, -0.25) is 14.4 Å². The van der Waals surface area contributed by atoms with Gasteiger partial charge < -0.3 is 14.2 Å². The largest absolute Gasteiger partial charge is 0.462 e. The van der Waals surface area contributed by atoms with Crippen molar-refractivity contribution in [2.45, 2.75) is 431 Å². The topological polar surface area (TPSA) is 78.9 Å². The number of unbranched alkanes of at least 4 members (excludes halogenated alkanes) is 55. The number of hydrogen-bond acceptors (Lipinski definition) is 6. The predicted octanol–water partition coefficient (Wildman–Crippen LogP) is 25.7. The highest BCUT2D eigenvalue weighted by molar-refractivity contribution is 5.71. The molecule has 0 N–H and O–H groups in total. The number of ether oxygens (including phenoxy) is 3. The molecule has 0 bridgehead atoms. The monoisotopic (exact) mass is 1150 g/mol. The molecule has 0 fully saturated rings. The van der Waals surface area contributed by atoms with Gasteiger partial charge in [0.25, 0.3) is 0 Å². The highest BCUT2D eigenvalue weighted by atomic mass is 16.6. The highest BCUT2D eigenvalue weighted by Gasteiger charge is 2.20. The fourth-order valence-corrected chi connectivity index (χ4v) is 11.6. The number of carbonyl (C=O) groups is 3. The van der Waals surface area contributed by atoms with Crippen LogP contribution in [0.3, 0.4) is 0 Å². The number of hydrogen-bond donors (Lipinski definition) is 0. The van der Waals surface area contributed by atoms with Crippen LogP contribution in [-0.2, 0) is 28.6 Å². The molecule has 0 aromatic carbocycles. The molecule has 82 heavy (non-hydrogen) atoms. The van der Waals surface area contributed by atoms with E-state index in [1.165, 1.54) is 315 Å². The van der Waals surface area contributed by atoms with Gasteiger partial charge in [0, 0.05) is 19.3 Å². The third kappa shape index (κ3) is 68.7. The fraction of sp³-hybridized carbons (Fsp3) is 0.908. The summed E-state index contributed by atoms with van der Waals surface area (Å²) < 4.78 is 17.0. The van der Waals surface area contributed by atoms with Crippen molar-refractivity contribution in [2.24, 2.45) is 0 Å². The molecule has 0 aliphatic carbocycles. The lowest BCUT2D eigenvalue weighted by Gasteiger charge is -2.18. The zero-order chi connectivity index (χ0) is 59.2. The molecule has 0 aliphatic heterocycles. The predicted molar refractivity (Wildman–Crippen MR) is 358 cm³/mol. The van der Waals surface area contributed by atoms with E-state index in [0.717, 1.165) is 70.6 Å². The lowest BCUT2D eigenvalue weighted by Crippen LogP contribution is -2.30. The summed E-state index contributed by atoms with van der Waals surface area (Å²) in [6.45, 7) is 6.69. The second-order valence-corrected chi connectivity index (χ2v) is 25.6. The number of carbonyl (C=O) groups excluding carboxylic acids is 3. The van der Waals surface area contributed by atoms with Gasteiger partial charge in [0.05, 0.1) is 0 Å². The van der Waals surface area contributed by atoms with Gasteiger partial charge >= 0.3 is 17.9 Å². The molecule has 6 heteroatoms. The number of allylic oxidation sites excluding steroid dienone is 4. The summed E-state index contributed by atoms with van der Waals surface area (Å²) in [6, 6.07) is 0. The molecule has 0 aliphatic rings. The van der Waals surface area contributed by atoms with Gasteiger partial charge in [-0.05, 0) is 51.4 Å². The van der Waals surface area contributed by atoms with Gasteiger partial charge in [-0.2, -0.15) is 0 Å². The molecule has 0 spiro atoms. The first-order valence-electron chi connectivity index (χ1n) is 37.3. The summed E-state index contributed by atoms with van der Waals surface area (Å²) in [5.74, 6) is -0.847. The molecule has 0 amide bonds. The molecule has 0 rings (SSSR count). The van der Waals surface area contributed by atoms with Gasteiger partial charge in [-0.15, -0.1) is 0 Å². The molecule has 484 valence electrons. The van der Waals surface area contributed by atoms with E-state index in [4.69, 9.17) is 14.2 Å². The second kappa shape index (κ2) is 71.4. The van der Waals surface area contributed by atoms with Crippen LogP contribution in [0.5, 0.6) is 0 Å².